The summed E-state index contributed by atoms with van der Waals surface area (Å²) in [5.74, 6) is -1.78. The van der Waals surface area contributed by atoms with E-state index >= 15 is 0 Å². The van der Waals surface area contributed by atoms with E-state index in [0.29, 0.717) is 17.0 Å². The van der Waals surface area contributed by atoms with Crippen molar-refractivity contribution < 1.29 is 19.1 Å². The third kappa shape index (κ3) is 6.28. The molecule has 0 fully saturated rings. The maximum atomic E-state index is 11.9. The predicted molar refractivity (Wildman–Crippen MR) is 101 cm³/mol. The van der Waals surface area contributed by atoms with E-state index in [1.807, 2.05) is 26.0 Å². The molecule has 140 valence electrons. The van der Waals surface area contributed by atoms with Crippen LogP contribution in [-0.4, -0.2) is 30.5 Å². The van der Waals surface area contributed by atoms with Gasteiger partial charge in [-0.25, -0.2) is 5.43 Å². The minimum Gasteiger partial charge on any atom is -0.484 e. The summed E-state index contributed by atoms with van der Waals surface area (Å²) in [6.07, 6.45) is 1.38. The van der Waals surface area contributed by atoms with Gasteiger partial charge in [0.2, 0.25) is 0 Å². The van der Waals surface area contributed by atoms with E-state index in [-0.39, 0.29) is 6.61 Å². The fourth-order valence-electron chi connectivity index (χ4n) is 2.07. The fourth-order valence-corrected chi connectivity index (χ4v) is 2.07. The number of hydrazone groups is 1. The number of aryl methyl sites for hydroxylation is 2. The molecule has 0 unspecified atom stereocenters. The van der Waals surface area contributed by atoms with Gasteiger partial charge in [0.1, 0.15) is 5.75 Å². The Kier molecular flexibility index (Phi) is 6.65. The molecule has 0 aliphatic heterocycles. The maximum absolute atomic E-state index is 11.9. The standard InChI is InChI=1S/C19H20N4O4/c1-12-3-4-13(2)16(9-12)22-18(25)19(26)23-21-10-14-5-7-15(8-6-14)27-11-17(20)24/h3-10H,11H2,1-2H3,(H2,20,24)(H,22,25)(H,23,26)/b21-10-. The van der Waals surface area contributed by atoms with E-state index in [0.717, 1.165) is 11.1 Å². The lowest BCUT2D eigenvalue weighted by Gasteiger charge is -2.08. The Morgan fingerprint density at radius 1 is 1.07 bits per heavy atom. The van der Waals surface area contributed by atoms with Crippen LogP contribution in [0.25, 0.3) is 0 Å². The largest absolute Gasteiger partial charge is 0.484 e. The molecule has 8 heteroatoms. The normalized spacial score (nSPS) is 10.4. The van der Waals surface area contributed by atoms with E-state index in [9.17, 15) is 14.4 Å². The second-order valence-corrected chi connectivity index (χ2v) is 5.80. The highest BCUT2D eigenvalue weighted by Crippen LogP contribution is 2.16. The average Bonchev–Trinajstić information content (AvgIpc) is 2.63. The molecular formula is C19H20N4O4. The summed E-state index contributed by atoms with van der Waals surface area (Å²) >= 11 is 0. The van der Waals surface area contributed by atoms with E-state index in [1.54, 1.807) is 30.3 Å². The summed E-state index contributed by atoms with van der Waals surface area (Å²) < 4.78 is 5.13. The molecule has 0 atom stereocenters. The number of hydrogen-bond acceptors (Lipinski definition) is 5. The zero-order chi connectivity index (χ0) is 19.8. The van der Waals surface area contributed by atoms with Crippen molar-refractivity contribution in [2.45, 2.75) is 13.8 Å². The quantitative estimate of drug-likeness (QED) is 0.403. The van der Waals surface area contributed by atoms with Gasteiger partial charge in [-0.2, -0.15) is 5.10 Å². The van der Waals surface area contributed by atoms with Crippen molar-refractivity contribution in [3.05, 3.63) is 59.2 Å². The molecule has 3 amide bonds. The number of nitrogens with one attached hydrogen (secondary N) is 2. The van der Waals surface area contributed by atoms with Crippen LogP contribution in [0.1, 0.15) is 16.7 Å². The summed E-state index contributed by atoms with van der Waals surface area (Å²) in [5, 5.41) is 6.30. The fraction of sp³-hybridized carbons (Fsp3) is 0.158. The SMILES string of the molecule is Cc1ccc(C)c(NC(=O)C(=O)N/N=C\c2ccc(OCC(N)=O)cc2)c1. The van der Waals surface area contributed by atoms with Crippen molar-refractivity contribution in [2.24, 2.45) is 10.8 Å². The molecule has 8 nitrogen and oxygen atoms in total. The molecule has 2 aromatic carbocycles. The first-order valence-corrected chi connectivity index (χ1v) is 8.08. The topological polar surface area (TPSA) is 123 Å². The Labute approximate surface area is 156 Å². The number of carbonyl (C=O) groups excluding carboxylic acids is 3. The molecule has 0 saturated carbocycles. The molecule has 0 spiro atoms. The molecule has 4 N–H and O–H groups in total. The number of nitrogens with zero attached hydrogens (tertiary/aromatic N) is 1. The highest BCUT2D eigenvalue weighted by molar-refractivity contribution is 6.39. The summed E-state index contributed by atoms with van der Waals surface area (Å²) in [7, 11) is 0. The summed E-state index contributed by atoms with van der Waals surface area (Å²) in [5.41, 5.74) is 10.2. The van der Waals surface area contributed by atoms with Crippen molar-refractivity contribution >= 4 is 29.6 Å². The third-order valence-electron chi connectivity index (χ3n) is 3.49. The van der Waals surface area contributed by atoms with Crippen molar-refractivity contribution in [3.63, 3.8) is 0 Å². The van der Waals surface area contributed by atoms with E-state index < -0.39 is 17.7 Å². The monoisotopic (exact) mass is 368 g/mol. The van der Waals surface area contributed by atoms with Crippen LogP contribution in [0.5, 0.6) is 5.75 Å². The molecule has 2 aromatic rings. The van der Waals surface area contributed by atoms with Gasteiger partial charge in [-0.05, 0) is 60.9 Å². The van der Waals surface area contributed by atoms with Gasteiger partial charge in [0.15, 0.2) is 6.61 Å². The molecule has 0 aliphatic carbocycles. The van der Waals surface area contributed by atoms with Crippen LogP contribution < -0.4 is 21.2 Å². The number of amides is 3. The number of primary amides is 1. The maximum Gasteiger partial charge on any atom is 0.329 e. The van der Waals surface area contributed by atoms with Gasteiger partial charge >= 0.3 is 11.8 Å². The van der Waals surface area contributed by atoms with E-state index in [1.165, 1.54) is 6.21 Å². The van der Waals surface area contributed by atoms with Crippen LogP contribution in [0, 0.1) is 13.8 Å². The molecule has 0 heterocycles. The second kappa shape index (κ2) is 9.14. The Morgan fingerprint density at radius 3 is 2.44 bits per heavy atom. The van der Waals surface area contributed by atoms with Crippen LogP contribution in [-0.2, 0) is 14.4 Å². The lowest BCUT2D eigenvalue weighted by atomic mass is 10.1. The zero-order valence-corrected chi connectivity index (χ0v) is 15.0. The van der Waals surface area contributed by atoms with Gasteiger partial charge in [0, 0.05) is 5.69 Å². The average molecular weight is 368 g/mol. The van der Waals surface area contributed by atoms with Gasteiger partial charge < -0.3 is 15.8 Å². The van der Waals surface area contributed by atoms with Crippen LogP contribution in [0.2, 0.25) is 0 Å². The van der Waals surface area contributed by atoms with Crippen molar-refractivity contribution in [1.29, 1.82) is 0 Å². The highest BCUT2D eigenvalue weighted by atomic mass is 16.5. The van der Waals surface area contributed by atoms with Gasteiger partial charge in [-0.15, -0.1) is 0 Å². The molecule has 27 heavy (non-hydrogen) atoms. The minimum absolute atomic E-state index is 0.209. The van der Waals surface area contributed by atoms with Crippen molar-refractivity contribution in [2.75, 3.05) is 11.9 Å². The smallest absolute Gasteiger partial charge is 0.329 e. The molecule has 0 saturated heterocycles. The highest BCUT2D eigenvalue weighted by Gasteiger charge is 2.13. The number of anilines is 1. The first-order chi connectivity index (χ1) is 12.8. The Balaban J connectivity index is 1.87. The summed E-state index contributed by atoms with van der Waals surface area (Å²) in [6.45, 7) is 3.52. The number of hydrogen-bond donors (Lipinski definition) is 3. The number of rotatable bonds is 6. The zero-order valence-electron chi connectivity index (χ0n) is 15.0. The van der Waals surface area contributed by atoms with E-state index in [4.69, 9.17) is 10.5 Å². The molecule has 0 radical (unpaired) electrons. The third-order valence-corrected chi connectivity index (χ3v) is 3.49. The lowest BCUT2D eigenvalue weighted by molar-refractivity contribution is -0.136. The number of benzene rings is 2. The number of nitrogens with two attached hydrogens (primary N) is 1. The Hall–Kier alpha value is -3.68. The molecule has 2 rings (SSSR count). The molecule has 0 bridgehead atoms. The minimum atomic E-state index is -0.881. The summed E-state index contributed by atoms with van der Waals surface area (Å²) in [6, 6.07) is 12.1. The predicted octanol–water partition coefficient (Wildman–Crippen LogP) is 1.26. The number of carbonyl (C=O) groups is 3. The van der Waals surface area contributed by atoms with E-state index in [2.05, 4.69) is 15.8 Å². The van der Waals surface area contributed by atoms with Crippen LogP contribution in [0.3, 0.4) is 0 Å². The Morgan fingerprint density at radius 2 is 1.78 bits per heavy atom. The summed E-state index contributed by atoms with van der Waals surface area (Å²) in [4.78, 5) is 34.4. The van der Waals surface area contributed by atoms with Crippen molar-refractivity contribution in [1.82, 2.24) is 5.43 Å². The van der Waals surface area contributed by atoms with Crippen LogP contribution >= 0.6 is 0 Å². The van der Waals surface area contributed by atoms with Gasteiger partial charge in [-0.1, -0.05) is 12.1 Å². The molecule has 0 aromatic heterocycles. The first-order valence-electron chi connectivity index (χ1n) is 8.08. The molecular weight excluding hydrogens is 348 g/mol. The first kappa shape index (κ1) is 19.6. The van der Waals surface area contributed by atoms with Crippen LogP contribution in [0.4, 0.5) is 5.69 Å². The van der Waals surface area contributed by atoms with Gasteiger partial charge in [0.05, 0.1) is 6.21 Å². The molecule has 0 aliphatic rings. The van der Waals surface area contributed by atoms with Gasteiger partial charge in [0.25, 0.3) is 5.91 Å². The Bertz CT molecular complexity index is 876. The van der Waals surface area contributed by atoms with Gasteiger partial charge in [-0.3, -0.25) is 14.4 Å². The second-order valence-electron chi connectivity index (χ2n) is 5.80. The van der Waals surface area contributed by atoms with Crippen molar-refractivity contribution in [3.8, 4) is 5.75 Å². The lowest BCUT2D eigenvalue weighted by Crippen LogP contribution is -2.32. The van der Waals surface area contributed by atoms with Crippen LogP contribution in [0.15, 0.2) is 47.6 Å². The number of ether oxygens (including phenoxy) is 1.